The SMILES string of the molecule is C=CCOc1ccccc1C(=O)[C@H]1[C@@H](C(=O)c2ccc3c(c2)OCO3)N2C=Cc3ccccc3[C@@H]2[C@]12C(=O)Nc1ccccc12. The number of rotatable bonds is 7. The van der Waals surface area contributed by atoms with E-state index in [0.29, 0.717) is 39.6 Å². The van der Waals surface area contributed by atoms with Crippen LogP contribution in [0.15, 0.2) is 110 Å². The second-order valence-corrected chi connectivity index (χ2v) is 11.5. The number of hydrogen-bond donors (Lipinski definition) is 1. The maximum Gasteiger partial charge on any atom is 0.238 e. The minimum Gasteiger partial charge on any atom is -0.489 e. The quantitative estimate of drug-likeness (QED) is 0.208. The molecule has 8 heteroatoms. The third-order valence-corrected chi connectivity index (χ3v) is 9.29. The van der Waals surface area contributed by atoms with E-state index in [1.54, 1.807) is 48.5 Å². The van der Waals surface area contributed by atoms with E-state index in [2.05, 4.69) is 11.9 Å². The monoisotopic (exact) mass is 596 g/mol. The van der Waals surface area contributed by atoms with Crippen molar-refractivity contribution in [3.63, 3.8) is 0 Å². The minimum atomic E-state index is -1.45. The van der Waals surface area contributed by atoms with Crippen molar-refractivity contribution in [3.05, 3.63) is 138 Å². The van der Waals surface area contributed by atoms with Gasteiger partial charge in [0.2, 0.25) is 12.7 Å². The molecular formula is C37H28N2O6. The molecule has 1 spiro atoms. The molecule has 1 N–H and O–H groups in total. The molecule has 0 unspecified atom stereocenters. The zero-order valence-corrected chi connectivity index (χ0v) is 24.1. The molecule has 8 rings (SSSR count). The predicted molar refractivity (Wildman–Crippen MR) is 167 cm³/mol. The predicted octanol–water partition coefficient (Wildman–Crippen LogP) is 5.96. The van der Waals surface area contributed by atoms with Gasteiger partial charge in [0.25, 0.3) is 0 Å². The maximum atomic E-state index is 15.2. The smallest absolute Gasteiger partial charge is 0.238 e. The van der Waals surface area contributed by atoms with Gasteiger partial charge in [0.1, 0.15) is 23.8 Å². The van der Waals surface area contributed by atoms with E-state index in [-0.39, 0.29) is 30.9 Å². The number of fused-ring (bicyclic) bond motifs is 7. The Labute approximate surface area is 259 Å². The summed E-state index contributed by atoms with van der Waals surface area (Å²) in [5, 5.41) is 3.08. The van der Waals surface area contributed by atoms with Crippen LogP contribution in [0.1, 0.15) is 43.4 Å². The van der Waals surface area contributed by atoms with Crippen LogP contribution in [0.4, 0.5) is 5.69 Å². The van der Waals surface area contributed by atoms with E-state index >= 15 is 4.79 Å². The van der Waals surface area contributed by atoms with Crippen LogP contribution in [0.3, 0.4) is 0 Å². The van der Waals surface area contributed by atoms with Crippen LogP contribution in [0.25, 0.3) is 6.08 Å². The van der Waals surface area contributed by atoms with Crippen molar-refractivity contribution in [2.75, 3.05) is 18.7 Å². The van der Waals surface area contributed by atoms with Gasteiger partial charge in [-0.3, -0.25) is 14.4 Å². The van der Waals surface area contributed by atoms with Crippen LogP contribution in [0.2, 0.25) is 0 Å². The molecule has 0 saturated carbocycles. The number of nitrogens with zero attached hydrogens (tertiary/aromatic N) is 1. The van der Waals surface area contributed by atoms with Crippen LogP contribution >= 0.6 is 0 Å². The van der Waals surface area contributed by atoms with Gasteiger partial charge in [-0.15, -0.1) is 0 Å². The summed E-state index contributed by atoms with van der Waals surface area (Å²) in [6, 6.07) is 25.6. The summed E-state index contributed by atoms with van der Waals surface area (Å²) in [6.45, 7) is 3.99. The van der Waals surface area contributed by atoms with Crippen molar-refractivity contribution >= 4 is 29.2 Å². The van der Waals surface area contributed by atoms with E-state index in [9.17, 15) is 9.59 Å². The number of Topliss-reactive ketones (excluding diaryl/α,β-unsaturated/α-hetero) is 2. The van der Waals surface area contributed by atoms with Crippen molar-refractivity contribution in [2.24, 2.45) is 5.92 Å². The highest BCUT2D eigenvalue weighted by atomic mass is 16.7. The molecule has 1 amide bonds. The van der Waals surface area contributed by atoms with E-state index in [1.165, 1.54) is 0 Å². The summed E-state index contributed by atoms with van der Waals surface area (Å²) in [6.07, 6.45) is 5.39. The number of ether oxygens (including phenoxy) is 3. The molecule has 4 atom stereocenters. The highest BCUT2D eigenvalue weighted by Crippen LogP contribution is 2.62. The summed E-state index contributed by atoms with van der Waals surface area (Å²) in [7, 11) is 0. The first kappa shape index (κ1) is 27.0. The fourth-order valence-corrected chi connectivity index (χ4v) is 7.50. The van der Waals surface area contributed by atoms with Crippen LogP contribution in [0, 0.1) is 5.92 Å². The molecule has 0 aliphatic carbocycles. The lowest BCUT2D eigenvalue weighted by atomic mass is 9.62. The molecule has 1 fully saturated rings. The van der Waals surface area contributed by atoms with E-state index in [4.69, 9.17) is 14.2 Å². The lowest BCUT2D eigenvalue weighted by molar-refractivity contribution is -0.122. The zero-order chi connectivity index (χ0) is 30.7. The topological polar surface area (TPSA) is 94.2 Å². The summed E-state index contributed by atoms with van der Waals surface area (Å²) in [4.78, 5) is 46.7. The Morgan fingerprint density at radius 3 is 2.62 bits per heavy atom. The lowest BCUT2D eigenvalue weighted by Crippen LogP contribution is -2.49. The van der Waals surface area contributed by atoms with Crippen molar-refractivity contribution in [1.29, 1.82) is 0 Å². The molecule has 0 radical (unpaired) electrons. The van der Waals surface area contributed by atoms with Gasteiger partial charge in [-0.2, -0.15) is 0 Å². The first-order valence-corrected chi connectivity index (χ1v) is 14.8. The molecule has 1 saturated heterocycles. The zero-order valence-electron chi connectivity index (χ0n) is 24.1. The molecule has 8 nitrogen and oxygen atoms in total. The van der Waals surface area contributed by atoms with Crippen molar-refractivity contribution in [2.45, 2.75) is 17.5 Å². The van der Waals surface area contributed by atoms with E-state index in [0.717, 1.165) is 11.1 Å². The highest BCUT2D eigenvalue weighted by Gasteiger charge is 2.71. The highest BCUT2D eigenvalue weighted by molar-refractivity contribution is 6.17. The fourth-order valence-electron chi connectivity index (χ4n) is 7.50. The molecular weight excluding hydrogens is 568 g/mol. The van der Waals surface area contributed by atoms with Crippen LogP contribution in [-0.2, 0) is 10.2 Å². The van der Waals surface area contributed by atoms with Crippen molar-refractivity contribution in [1.82, 2.24) is 4.90 Å². The van der Waals surface area contributed by atoms with Gasteiger partial charge in [0.05, 0.1) is 17.5 Å². The van der Waals surface area contributed by atoms with Gasteiger partial charge in [0, 0.05) is 17.5 Å². The number of nitrogens with one attached hydrogen (secondary N) is 1. The Hall–Kier alpha value is -5.63. The average molecular weight is 597 g/mol. The number of para-hydroxylation sites is 2. The summed E-state index contributed by atoms with van der Waals surface area (Å²) < 4.78 is 17.0. The second kappa shape index (κ2) is 10.2. The summed E-state index contributed by atoms with van der Waals surface area (Å²) in [5.74, 6) is -0.760. The van der Waals surface area contributed by atoms with Crippen LogP contribution < -0.4 is 19.5 Å². The van der Waals surface area contributed by atoms with Gasteiger partial charge >= 0.3 is 0 Å². The molecule has 4 heterocycles. The molecule has 4 aromatic carbocycles. The number of hydrogen-bond acceptors (Lipinski definition) is 7. The van der Waals surface area contributed by atoms with Gasteiger partial charge in [-0.25, -0.2) is 0 Å². The number of ketones is 2. The third-order valence-electron chi connectivity index (χ3n) is 9.29. The van der Waals surface area contributed by atoms with Crippen LogP contribution in [0.5, 0.6) is 17.2 Å². The Balaban J connectivity index is 1.40. The molecule has 45 heavy (non-hydrogen) atoms. The second-order valence-electron chi connectivity index (χ2n) is 11.5. The maximum absolute atomic E-state index is 15.2. The lowest BCUT2D eigenvalue weighted by Gasteiger charge is -2.38. The summed E-state index contributed by atoms with van der Waals surface area (Å²) >= 11 is 0. The van der Waals surface area contributed by atoms with Gasteiger partial charge in [-0.1, -0.05) is 67.3 Å². The number of carbonyl (C=O) groups is 3. The minimum absolute atomic E-state index is 0.0623. The number of benzene rings is 4. The Bertz CT molecular complexity index is 1950. The van der Waals surface area contributed by atoms with Crippen molar-refractivity contribution in [3.8, 4) is 17.2 Å². The molecule has 4 aromatic rings. The Morgan fingerprint density at radius 2 is 1.73 bits per heavy atom. The number of anilines is 1. The molecule has 4 aliphatic rings. The first-order chi connectivity index (χ1) is 22.0. The Morgan fingerprint density at radius 1 is 0.956 bits per heavy atom. The molecule has 0 bridgehead atoms. The van der Waals surface area contributed by atoms with E-state index < -0.39 is 23.4 Å². The van der Waals surface area contributed by atoms with Crippen molar-refractivity contribution < 1.29 is 28.6 Å². The first-order valence-electron chi connectivity index (χ1n) is 14.8. The van der Waals surface area contributed by atoms with Gasteiger partial charge in [0.15, 0.2) is 23.1 Å². The summed E-state index contributed by atoms with van der Waals surface area (Å²) in [5.41, 5.74) is 2.29. The van der Waals surface area contributed by atoms with E-state index in [1.807, 2.05) is 65.7 Å². The molecule has 0 aromatic heterocycles. The fraction of sp³-hybridized carbons (Fsp3) is 0.162. The normalized spacial score (nSPS) is 23.2. The van der Waals surface area contributed by atoms with Crippen LogP contribution in [-0.4, -0.2) is 41.8 Å². The largest absolute Gasteiger partial charge is 0.489 e. The standard InChI is InChI=1S/C37H28N2O6/c1-2-19-43-28-14-8-5-11-25(28)34(41)31-32(33(40)23-15-16-29-30(20-23)45-21-44-29)39-18-17-22-9-3-4-10-24(22)35(39)37(31)26-12-6-7-13-27(26)38-36(37)42/h2-18,20,31-32,35H,1,19,21H2,(H,38,42)/t31-,32+,35-,37-/m1/s1. The molecule has 222 valence electrons. The average Bonchev–Trinajstić information content (AvgIpc) is 3.76. The number of carbonyl (C=O) groups excluding carboxylic acids is 3. The molecule has 4 aliphatic heterocycles. The third kappa shape index (κ3) is 3.81. The Kier molecular flexibility index (Phi) is 6.13. The van der Waals surface area contributed by atoms with Gasteiger partial charge < -0.3 is 24.4 Å². The van der Waals surface area contributed by atoms with Gasteiger partial charge in [-0.05, 0) is 59.2 Å². The number of amides is 1.